The minimum Gasteiger partial charge on any atom is -0.497 e. The second-order valence-electron chi connectivity index (χ2n) is 6.14. The van der Waals surface area contributed by atoms with Gasteiger partial charge in [0.15, 0.2) is 5.11 Å². The van der Waals surface area contributed by atoms with Gasteiger partial charge >= 0.3 is 0 Å². The molecule has 2 aromatic carbocycles. The van der Waals surface area contributed by atoms with Crippen molar-refractivity contribution in [3.8, 4) is 11.8 Å². The van der Waals surface area contributed by atoms with Gasteiger partial charge in [0, 0.05) is 5.69 Å². The molecule has 128 valence electrons. The van der Waals surface area contributed by atoms with E-state index in [0.29, 0.717) is 11.5 Å². The lowest BCUT2D eigenvalue weighted by atomic mass is 9.87. The van der Waals surface area contributed by atoms with Crippen molar-refractivity contribution in [3.63, 3.8) is 0 Å². The van der Waals surface area contributed by atoms with Crippen LogP contribution in [0.4, 0.5) is 5.69 Å². The summed E-state index contributed by atoms with van der Waals surface area (Å²) >= 11 is 5.48. The zero-order valence-electron chi connectivity index (χ0n) is 14.2. The second-order valence-corrected chi connectivity index (χ2v) is 6.55. The van der Waals surface area contributed by atoms with E-state index >= 15 is 0 Å². The summed E-state index contributed by atoms with van der Waals surface area (Å²) < 4.78 is 5.32. The highest BCUT2D eigenvalue weighted by Gasteiger charge is 2.21. The zero-order chi connectivity index (χ0) is 17.6. The third kappa shape index (κ3) is 4.28. The first kappa shape index (κ1) is 17.2. The SMILES string of the molecule is COc1ccc2c(c1)CCC[C@H]2NC(=S)Nc1ccc(CC#N)cc1. The number of nitrogens with one attached hydrogen (secondary N) is 2. The lowest BCUT2D eigenvalue weighted by molar-refractivity contribution is 0.412. The number of methoxy groups -OCH3 is 1. The summed E-state index contributed by atoms with van der Waals surface area (Å²) in [5.41, 5.74) is 4.54. The fraction of sp³-hybridized carbons (Fsp3) is 0.300. The molecule has 0 aliphatic heterocycles. The summed E-state index contributed by atoms with van der Waals surface area (Å²) in [6, 6.07) is 16.4. The molecule has 1 aliphatic rings. The van der Waals surface area contributed by atoms with Crippen molar-refractivity contribution in [3.05, 3.63) is 59.2 Å². The molecule has 0 bridgehead atoms. The van der Waals surface area contributed by atoms with Crippen LogP contribution in [0.2, 0.25) is 0 Å². The van der Waals surface area contributed by atoms with E-state index in [-0.39, 0.29) is 6.04 Å². The third-order valence-electron chi connectivity index (χ3n) is 4.46. The molecular formula is C20H21N3OS. The van der Waals surface area contributed by atoms with Gasteiger partial charge in [0.05, 0.1) is 25.6 Å². The van der Waals surface area contributed by atoms with Crippen LogP contribution in [0.15, 0.2) is 42.5 Å². The maximum absolute atomic E-state index is 8.73. The molecule has 0 spiro atoms. The van der Waals surface area contributed by atoms with Crippen LogP contribution in [0, 0.1) is 11.3 Å². The minimum absolute atomic E-state index is 0.215. The number of benzene rings is 2. The Kier molecular flexibility index (Phi) is 5.52. The van der Waals surface area contributed by atoms with Crippen LogP contribution in [0.25, 0.3) is 0 Å². The number of nitrogens with zero attached hydrogens (tertiary/aromatic N) is 1. The number of aryl methyl sites for hydroxylation is 1. The van der Waals surface area contributed by atoms with Gasteiger partial charge in [-0.25, -0.2) is 0 Å². The van der Waals surface area contributed by atoms with E-state index in [1.165, 1.54) is 11.1 Å². The first-order chi connectivity index (χ1) is 12.2. The number of hydrogen-bond donors (Lipinski definition) is 2. The highest BCUT2D eigenvalue weighted by atomic mass is 32.1. The normalized spacial score (nSPS) is 15.6. The summed E-state index contributed by atoms with van der Waals surface area (Å²) in [4.78, 5) is 0. The highest BCUT2D eigenvalue weighted by Crippen LogP contribution is 2.32. The molecule has 1 aliphatic carbocycles. The van der Waals surface area contributed by atoms with Crippen LogP contribution in [0.5, 0.6) is 5.75 Å². The Balaban J connectivity index is 1.65. The van der Waals surface area contributed by atoms with Crippen molar-refractivity contribution in [1.82, 2.24) is 5.32 Å². The summed E-state index contributed by atoms with van der Waals surface area (Å²) in [5, 5.41) is 16.0. The van der Waals surface area contributed by atoms with Crippen LogP contribution in [0.3, 0.4) is 0 Å². The van der Waals surface area contributed by atoms with Gasteiger partial charge in [-0.05, 0) is 72.4 Å². The van der Waals surface area contributed by atoms with Gasteiger partial charge in [-0.15, -0.1) is 0 Å². The number of thiocarbonyl (C=S) groups is 1. The number of ether oxygens (including phenoxy) is 1. The predicted octanol–water partition coefficient (Wildman–Crippen LogP) is 4.13. The third-order valence-corrected chi connectivity index (χ3v) is 4.68. The average molecular weight is 351 g/mol. The van der Waals surface area contributed by atoms with E-state index in [1.807, 2.05) is 30.3 Å². The molecule has 1 atom stereocenters. The fourth-order valence-electron chi connectivity index (χ4n) is 3.19. The van der Waals surface area contributed by atoms with Gasteiger partial charge in [-0.3, -0.25) is 0 Å². The molecule has 0 amide bonds. The van der Waals surface area contributed by atoms with Crippen LogP contribution >= 0.6 is 12.2 Å². The van der Waals surface area contributed by atoms with Crippen molar-refractivity contribution in [2.75, 3.05) is 12.4 Å². The number of fused-ring (bicyclic) bond motifs is 1. The van der Waals surface area contributed by atoms with Crippen molar-refractivity contribution in [2.45, 2.75) is 31.7 Å². The van der Waals surface area contributed by atoms with E-state index in [2.05, 4.69) is 28.8 Å². The smallest absolute Gasteiger partial charge is 0.171 e. The highest BCUT2D eigenvalue weighted by molar-refractivity contribution is 7.80. The van der Waals surface area contributed by atoms with Crippen molar-refractivity contribution >= 4 is 23.0 Å². The number of rotatable bonds is 4. The molecule has 0 fully saturated rings. The Bertz CT molecular complexity index is 796. The molecular weight excluding hydrogens is 330 g/mol. The van der Waals surface area contributed by atoms with Gasteiger partial charge in [0.2, 0.25) is 0 Å². The van der Waals surface area contributed by atoms with Gasteiger partial charge < -0.3 is 15.4 Å². The standard InChI is InChI=1S/C20H21N3OS/c1-24-17-9-10-18-15(13-17)3-2-4-19(18)23-20(25)22-16-7-5-14(6-8-16)11-12-21/h5-10,13,19H,2-4,11H2,1H3,(H2,22,23,25)/t19-/m1/s1. The summed E-state index contributed by atoms with van der Waals surface area (Å²) in [5.74, 6) is 0.901. The molecule has 0 aromatic heterocycles. The maximum atomic E-state index is 8.73. The molecule has 0 unspecified atom stereocenters. The minimum atomic E-state index is 0.215. The van der Waals surface area contributed by atoms with Crippen LogP contribution in [-0.4, -0.2) is 12.2 Å². The van der Waals surface area contributed by atoms with Gasteiger partial charge in [0.25, 0.3) is 0 Å². The molecule has 0 radical (unpaired) electrons. The Hall–Kier alpha value is -2.58. The molecule has 3 rings (SSSR count). The lowest BCUT2D eigenvalue weighted by Gasteiger charge is -2.28. The Morgan fingerprint density at radius 1 is 1.28 bits per heavy atom. The number of hydrogen-bond acceptors (Lipinski definition) is 3. The lowest BCUT2D eigenvalue weighted by Crippen LogP contribution is -2.34. The van der Waals surface area contributed by atoms with E-state index in [9.17, 15) is 0 Å². The Morgan fingerprint density at radius 3 is 2.80 bits per heavy atom. The quantitative estimate of drug-likeness (QED) is 0.811. The second kappa shape index (κ2) is 8.00. The van der Waals surface area contributed by atoms with Gasteiger partial charge in [0.1, 0.15) is 5.75 Å². The fourth-order valence-corrected chi connectivity index (χ4v) is 3.45. The van der Waals surface area contributed by atoms with Crippen molar-refractivity contribution in [2.24, 2.45) is 0 Å². The van der Waals surface area contributed by atoms with E-state index in [0.717, 1.165) is 36.3 Å². The van der Waals surface area contributed by atoms with Crippen molar-refractivity contribution in [1.29, 1.82) is 5.26 Å². The number of nitriles is 1. The average Bonchev–Trinajstić information content (AvgIpc) is 2.63. The van der Waals surface area contributed by atoms with E-state index < -0.39 is 0 Å². The molecule has 2 N–H and O–H groups in total. The summed E-state index contributed by atoms with van der Waals surface area (Å²) in [6.45, 7) is 0. The topological polar surface area (TPSA) is 57.1 Å². The largest absolute Gasteiger partial charge is 0.497 e. The van der Waals surface area contributed by atoms with Crippen LogP contribution in [-0.2, 0) is 12.8 Å². The molecule has 25 heavy (non-hydrogen) atoms. The Labute approximate surface area is 153 Å². The summed E-state index contributed by atoms with van der Waals surface area (Å²) in [6.07, 6.45) is 3.68. The van der Waals surface area contributed by atoms with Gasteiger partial charge in [-0.2, -0.15) is 5.26 Å². The first-order valence-electron chi connectivity index (χ1n) is 8.40. The molecule has 5 heteroatoms. The molecule has 0 saturated heterocycles. The van der Waals surface area contributed by atoms with Crippen LogP contribution < -0.4 is 15.4 Å². The van der Waals surface area contributed by atoms with Crippen LogP contribution in [0.1, 0.15) is 35.6 Å². The van der Waals surface area contributed by atoms with E-state index in [1.54, 1.807) is 7.11 Å². The monoisotopic (exact) mass is 351 g/mol. The number of anilines is 1. The predicted molar refractivity (Wildman–Crippen MR) is 104 cm³/mol. The molecule has 4 nitrogen and oxygen atoms in total. The zero-order valence-corrected chi connectivity index (χ0v) is 15.0. The summed E-state index contributed by atoms with van der Waals surface area (Å²) in [7, 11) is 1.70. The molecule has 0 heterocycles. The molecule has 0 saturated carbocycles. The molecule has 2 aromatic rings. The van der Waals surface area contributed by atoms with Crippen molar-refractivity contribution < 1.29 is 4.74 Å². The van der Waals surface area contributed by atoms with Gasteiger partial charge in [-0.1, -0.05) is 18.2 Å². The van der Waals surface area contributed by atoms with E-state index in [4.69, 9.17) is 22.2 Å². The Morgan fingerprint density at radius 2 is 2.08 bits per heavy atom. The first-order valence-corrected chi connectivity index (χ1v) is 8.80. The maximum Gasteiger partial charge on any atom is 0.171 e.